The second kappa shape index (κ2) is 8.36. The van der Waals surface area contributed by atoms with Crippen molar-refractivity contribution in [2.24, 2.45) is 0 Å². The molecular formula is C18H18ClNO4. The number of hydrogen-bond acceptors (Lipinski definition) is 4. The summed E-state index contributed by atoms with van der Waals surface area (Å²) in [6.45, 7) is 1.64. The molecule has 0 aliphatic rings. The molecule has 0 atom stereocenters. The van der Waals surface area contributed by atoms with Gasteiger partial charge in [0.2, 0.25) is 0 Å². The molecule has 0 saturated carbocycles. The maximum atomic E-state index is 12.0. The summed E-state index contributed by atoms with van der Waals surface area (Å²) in [6, 6.07) is 12.2. The lowest BCUT2D eigenvalue weighted by molar-refractivity contribution is -0.143. The van der Waals surface area contributed by atoms with Crippen molar-refractivity contribution in [2.45, 2.75) is 13.5 Å². The molecule has 1 N–H and O–H groups in total. The average Bonchev–Trinajstić information content (AvgIpc) is 2.58. The Bertz CT molecular complexity index is 746. The van der Waals surface area contributed by atoms with Crippen LogP contribution in [0.4, 0.5) is 0 Å². The van der Waals surface area contributed by atoms with E-state index >= 15 is 0 Å². The third-order valence-electron chi connectivity index (χ3n) is 3.41. The van der Waals surface area contributed by atoms with Crippen LogP contribution in [0.5, 0.6) is 5.75 Å². The SMILES string of the molecule is COc1ccc(Cl)cc1COC(=O)CNC(=O)c1ccccc1C. The van der Waals surface area contributed by atoms with E-state index in [2.05, 4.69) is 5.32 Å². The highest BCUT2D eigenvalue weighted by Crippen LogP contribution is 2.23. The first kappa shape index (κ1) is 17.8. The van der Waals surface area contributed by atoms with Crippen LogP contribution in [0.2, 0.25) is 5.02 Å². The quantitative estimate of drug-likeness (QED) is 0.815. The third kappa shape index (κ3) is 4.73. The fraction of sp³-hybridized carbons (Fsp3) is 0.222. The predicted molar refractivity (Wildman–Crippen MR) is 91.3 cm³/mol. The van der Waals surface area contributed by atoms with E-state index < -0.39 is 5.97 Å². The molecule has 0 aromatic heterocycles. The Kier molecular flexibility index (Phi) is 6.21. The van der Waals surface area contributed by atoms with Crippen LogP contribution < -0.4 is 10.1 Å². The van der Waals surface area contributed by atoms with Gasteiger partial charge in [0, 0.05) is 16.1 Å². The number of amides is 1. The van der Waals surface area contributed by atoms with Crippen molar-refractivity contribution in [3.63, 3.8) is 0 Å². The summed E-state index contributed by atoms with van der Waals surface area (Å²) in [5.74, 6) is -0.277. The Morgan fingerprint density at radius 3 is 2.62 bits per heavy atom. The molecule has 0 bridgehead atoms. The van der Waals surface area contributed by atoms with E-state index in [1.807, 2.05) is 19.1 Å². The van der Waals surface area contributed by atoms with E-state index in [-0.39, 0.29) is 19.1 Å². The molecule has 0 unspecified atom stereocenters. The Hall–Kier alpha value is -2.53. The summed E-state index contributed by atoms with van der Waals surface area (Å²) >= 11 is 5.92. The van der Waals surface area contributed by atoms with Gasteiger partial charge in [0.1, 0.15) is 18.9 Å². The Morgan fingerprint density at radius 2 is 1.92 bits per heavy atom. The zero-order valence-corrected chi connectivity index (χ0v) is 14.2. The molecule has 2 aromatic carbocycles. The van der Waals surface area contributed by atoms with Crippen LogP contribution in [0.1, 0.15) is 21.5 Å². The maximum absolute atomic E-state index is 12.0. The van der Waals surface area contributed by atoms with Gasteiger partial charge in [0.15, 0.2) is 0 Å². The summed E-state index contributed by atoms with van der Waals surface area (Å²) in [6.07, 6.45) is 0. The van der Waals surface area contributed by atoms with E-state index in [1.54, 1.807) is 30.3 Å². The van der Waals surface area contributed by atoms with Crippen molar-refractivity contribution >= 4 is 23.5 Å². The lowest BCUT2D eigenvalue weighted by Crippen LogP contribution is -2.31. The largest absolute Gasteiger partial charge is 0.496 e. The number of halogens is 1. The summed E-state index contributed by atoms with van der Waals surface area (Å²) in [5.41, 5.74) is 2.03. The minimum Gasteiger partial charge on any atom is -0.496 e. The smallest absolute Gasteiger partial charge is 0.325 e. The zero-order chi connectivity index (χ0) is 17.5. The second-order valence-corrected chi connectivity index (χ2v) is 5.55. The van der Waals surface area contributed by atoms with Gasteiger partial charge in [0.05, 0.1) is 7.11 Å². The highest BCUT2D eigenvalue weighted by molar-refractivity contribution is 6.30. The van der Waals surface area contributed by atoms with Crippen LogP contribution in [0.3, 0.4) is 0 Å². The molecule has 6 heteroatoms. The molecule has 0 radical (unpaired) electrons. The summed E-state index contributed by atoms with van der Waals surface area (Å²) in [5, 5.41) is 3.07. The molecule has 24 heavy (non-hydrogen) atoms. The molecule has 0 heterocycles. The second-order valence-electron chi connectivity index (χ2n) is 5.11. The third-order valence-corrected chi connectivity index (χ3v) is 3.65. The Balaban J connectivity index is 1.87. The molecule has 0 aliphatic carbocycles. The van der Waals surface area contributed by atoms with Gasteiger partial charge in [-0.1, -0.05) is 29.8 Å². The number of carbonyl (C=O) groups excluding carboxylic acids is 2. The van der Waals surface area contributed by atoms with Gasteiger partial charge in [-0.2, -0.15) is 0 Å². The molecule has 126 valence electrons. The van der Waals surface area contributed by atoms with Crippen LogP contribution >= 0.6 is 11.6 Å². The lowest BCUT2D eigenvalue weighted by Gasteiger charge is -2.10. The minimum absolute atomic E-state index is 0.0167. The van der Waals surface area contributed by atoms with Crippen LogP contribution in [-0.4, -0.2) is 25.5 Å². The first-order chi connectivity index (χ1) is 11.5. The molecule has 2 aromatic rings. The maximum Gasteiger partial charge on any atom is 0.325 e. The first-order valence-electron chi connectivity index (χ1n) is 7.33. The zero-order valence-electron chi connectivity index (χ0n) is 13.5. The van der Waals surface area contributed by atoms with Gasteiger partial charge < -0.3 is 14.8 Å². The fourth-order valence-corrected chi connectivity index (χ4v) is 2.34. The van der Waals surface area contributed by atoms with E-state index in [1.165, 1.54) is 7.11 Å². The Labute approximate surface area is 145 Å². The lowest BCUT2D eigenvalue weighted by atomic mass is 10.1. The number of esters is 1. The molecule has 1 amide bonds. The number of benzene rings is 2. The van der Waals surface area contributed by atoms with Crippen LogP contribution in [0.15, 0.2) is 42.5 Å². The summed E-state index contributed by atoms with van der Waals surface area (Å²) < 4.78 is 10.3. The predicted octanol–water partition coefficient (Wildman–Crippen LogP) is 3.13. The number of aryl methyl sites for hydroxylation is 1. The number of methoxy groups -OCH3 is 1. The van der Waals surface area contributed by atoms with Gasteiger partial charge in [-0.15, -0.1) is 0 Å². The number of carbonyl (C=O) groups is 2. The molecule has 0 spiro atoms. The molecular weight excluding hydrogens is 330 g/mol. The number of ether oxygens (including phenoxy) is 2. The number of hydrogen-bond donors (Lipinski definition) is 1. The van der Waals surface area contributed by atoms with Crippen molar-refractivity contribution in [3.8, 4) is 5.75 Å². The first-order valence-corrected chi connectivity index (χ1v) is 7.71. The molecule has 0 saturated heterocycles. The van der Waals surface area contributed by atoms with Crippen molar-refractivity contribution in [1.82, 2.24) is 5.32 Å². The summed E-state index contributed by atoms with van der Waals surface area (Å²) in [7, 11) is 1.52. The van der Waals surface area contributed by atoms with Crippen molar-refractivity contribution < 1.29 is 19.1 Å². The fourth-order valence-electron chi connectivity index (χ4n) is 2.14. The van der Waals surface area contributed by atoms with Gasteiger partial charge >= 0.3 is 5.97 Å². The monoisotopic (exact) mass is 347 g/mol. The van der Waals surface area contributed by atoms with Crippen LogP contribution in [-0.2, 0) is 16.1 Å². The van der Waals surface area contributed by atoms with E-state index in [0.717, 1.165) is 5.56 Å². The van der Waals surface area contributed by atoms with Gasteiger partial charge in [-0.05, 0) is 36.8 Å². The van der Waals surface area contributed by atoms with E-state index in [0.29, 0.717) is 21.9 Å². The number of nitrogens with one attached hydrogen (secondary N) is 1. The molecule has 0 aliphatic heterocycles. The Morgan fingerprint density at radius 1 is 1.17 bits per heavy atom. The highest BCUT2D eigenvalue weighted by Gasteiger charge is 2.12. The van der Waals surface area contributed by atoms with E-state index in [4.69, 9.17) is 21.1 Å². The highest BCUT2D eigenvalue weighted by atomic mass is 35.5. The number of rotatable bonds is 6. The normalized spacial score (nSPS) is 10.1. The minimum atomic E-state index is -0.543. The van der Waals surface area contributed by atoms with Gasteiger partial charge in [-0.3, -0.25) is 9.59 Å². The van der Waals surface area contributed by atoms with Crippen LogP contribution in [0.25, 0.3) is 0 Å². The standard InChI is InChI=1S/C18H18ClNO4/c1-12-5-3-4-6-15(12)18(22)20-10-17(21)24-11-13-9-14(19)7-8-16(13)23-2/h3-9H,10-11H2,1-2H3,(H,20,22). The van der Waals surface area contributed by atoms with Gasteiger partial charge in [0.25, 0.3) is 5.91 Å². The molecule has 5 nitrogen and oxygen atoms in total. The van der Waals surface area contributed by atoms with E-state index in [9.17, 15) is 9.59 Å². The average molecular weight is 348 g/mol. The molecule has 2 rings (SSSR count). The summed E-state index contributed by atoms with van der Waals surface area (Å²) in [4.78, 5) is 23.8. The van der Waals surface area contributed by atoms with Crippen molar-refractivity contribution in [2.75, 3.05) is 13.7 Å². The topological polar surface area (TPSA) is 64.6 Å². The van der Waals surface area contributed by atoms with Crippen molar-refractivity contribution in [1.29, 1.82) is 0 Å². The van der Waals surface area contributed by atoms with Crippen molar-refractivity contribution in [3.05, 3.63) is 64.2 Å². The van der Waals surface area contributed by atoms with Crippen LogP contribution in [0, 0.1) is 6.92 Å². The van der Waals surface area contributed by atoms with Gasteiger partial charge in [-0.25, -0.2) is 0 Å². The molecule has 0 fully saturated rings.